The molecular weight excluding hydrogens is 241 g/mol. The molecule has 0 saturated heterocycles. The SMILES string of the molecule is CC(C)(C)NCCC(=O)c1ccc(Cl)cc1F. The molecule has 1 N–H and O–H groups in total. The molecule has 0 saturated carbocycles. The van der Waals surface area contributed by atoms with Gasteiger partial charge in [0.05, 0.1) is 5.56 Å². The first-order valence-electron chi connectivity index (χ1n) is 5.53. The Hall–Kier alpha value is -0.930. The minimum atomic E-state index is -0.557. The Balaban J connectivity index is 2.59. The Kier molecular flexibility index (Phi) is 4.66. The van der Waals surface area contributed by atoms with Crippen LogP contribution in [0.4, 0.5) is 4.39 Å². The van der Waals surface area contributed by atoms with Gasteiger partial charge in [0.2, 0.25) is 0 Å². The number of carbonyl (C=O) groups excluding carboxylic acids is 1. The average molecular weight is 258 g/mol. The lowest BCUT2D eigenvalue weighted by atomic mass is 10.1. The summed E-state index contributed by atoms with van der Waals surface area (Å²) in [5, 5.41) is 3.48. The number of halogens is 2. The van der Waals surface area contributed by atoms with E-state index in [1.807, 2.05) is 20.8 Å². The van der Waals surface area contributed by atoms with Crippen LogP contribution < -0.4 is 5.32 Å². The maximum Gasteiger partial charge on any atom is 0.167 e. The highest BCUT2D eigenvalue weighted by molar-refractivity contribution is 6.30. The molecule has 4 heteroatoms. The van der Waals surface area contributed by atoms with Crippen LogP contribution in [0.1, 0.15) is 37.6 Å². The van der Waals surface area contributed by atoms with Gasteiger partial charge in [0.1, 0.15) is 5.82 Å². The van der Waals surface area contributed by atoms with Crippen LogP contribution in [0.15, 0.2) is 18.2 Å². The van der Waals surface area contributed by atoms with Gasteiger partial charge in [0, 0.05) is 23.5 Å². The van der Waals surface area contributed by atoms with Crippen LogP contribution in [0.2, 0.25) is 5.02 Å². The number of carbonyl (C=O) groups is 1. The van der Waals surface area contributed by atoms with Gasteiger partial charge in [-0.05, 0) is 39.0 Å². The number of rotatable bonds is 4. The Labute approximate surface area is 106 Å². The Morgan fingerprint density at radius 2 is 2.06 bits per heavy atom. The van der Waals surface area contributed by atoms with E-state index >= 15 is 0 Å². The fraction of sp³-hybridized carbons (Fsp3) is 0.462. The summed E-state index contributed by atoms with van der Waals surface area (Å²) in [6, 6.07) is 4.11. The second-order valence-corrected chi connectivity index (χ2v) is 5.41. The molecule has 2 nitrogen and oxygen atoms in total. The molecule has 0 amide bonds. The first kappa shape index (κ1) is 14.1. The summed E-state index contributed by atoms with van der Waals surface area (Å²) in [6.45, 7) is 6.57. The van der Waals surface area contributed by atoms with Crippen molar-refractivity contribution in [3.63, 3.8) is 0 Å². The maximum absolute atomic E-state index is 13.4. The van der Waals surface area contributed by atoms with Gasteiger partial charge >= 0.3 is 0 Å². The number of hydrogen-bond donors (Lipinski definition) is 1. The predicted molar refractivity (Wildman–Crippen MR) is 68.1 cm³/mol. The van der Waals surface area contributed by atoms with Crippen molar-refractivity contribution < 1.29 is 9.18 Å². The molecule has 0 aromatic heterocycles. The number of hydrogen-bond acceptors (Lipinski definition) is 2. The highest BCUT2D eigenvalue weighted by atomic mass is 35.5. The molecule has 1 aromatic rings. The van der Waals surface area contributed by atoms with Gasteiger partial charge in [0.15, 0.2) is 5.78 Å². The van der Waals surface area contributed by atoms with Crippen molar-refractivity contribution >= 4 is 17.4 Å². The smallest absolute Gasteiger partial charge is 0.167 e. The number of Topliss-reactive ketones (excluding diaryl/α,β-unsaturated/α-hetero) is 1. The third kappa shape index (κ3) is 4.84. The van der Waals surface area contributed by atoms with Crippen molar-refractivity contribution in [1.82, 2.24) is 5.32 Å². The Bertz CT molecular complexity index is 412. The summed E-state index contributed by atoms with van der Waals surface area (Å²) < 4.78 is 13.4. The van der Waals surface area contributed by atoms with E-state index in [9.17, 15) is 9.18 Å². The van der Waals surface area contributed by atoms with Gasteiger partial charge in [-0.3, -0.25) is 4.79 Å². The summed E-state index contributed by atoms with van der Waals surface area (Å²) in [6.07, 6.45) is 0.274. The van der Waals surface area contributed by atoms with E-state index in [0.717, 1.165) is 6.07 Å². The molecule has 0 aliphatic carbocycles. The van der Waals surface area contributed by atoms with Crippen LogP contribution in [-0.2, 0) is 0 Å². The lowest BCUT2D eigenvalue weighted by Gasteiger charge is -2.20. The van der Waals surface area contributed by atoms with E-state index in [4.69, 9.17) is 11.6 Å². The third-order valence-electron chi connectivity index (χ3n) is 2.24. The minimum absolute atomic E-state index is 0.0428. The molecule has 0 atom stereocenters. The monoisotopic (exact) mass is 257 g/mol. The van der Waals surface area contributed by atoms with E-state index in [0.29, 0.717) is 11.6 Å². The predicted octanol–water partition coefficient (Wildman–Crippen LogP) is 3.44. The zero-order valence-corrected chi connectivity index (χ0v) is 11.1. The van der Waals surface area contributed by atoms with Crippen LogP contribution >= 0.6 is 11.6 Å². The zero-order valence-electron chi connectivity index (χ0n) is 10.3. The molecule has 0 aliphatic heterocycles. The normalized spacial score (nSPS) is 11.6. The van der Waals surface area contributed by atoms with Crippen molar-refractivity contribution in [2.45, 2.75) is 32.7 Å². The van der Waals surface area contributed by atoms with Gasteiger partial charge in [-0.2, -0.15) is 0 Å². The van der Waals surface area contributed by atoms with Crippen LogP contribution in [0.3, 0.4) is 0 Å². The first-order chi connectivity index (χ1) is 7.79. The van der Waals surface area contributed by atoms with E-state index < -0.39 is 5.82 Å². The largest absolute Gasteiger partial charge is 0.312 e. The standard InChI is InChI=1S/C13H17ClFNO/c1-13(2,3)16-7-6-12(17)10-5-4-9(14)8-11(10)15/h4-5,8,16H,6-7H2,1-3H3. The summed E-state index contributed by atoms with van der Waals surface area (Å²) >= 11 is 5.62. The molecule has 94 valence electrons. The molecule has 17 heavy (non-hydrogen) atoms. The lowest BCUT2D eigenvalue weighted by Crippen LogP contribution is -2.37. The van der Waals surface area contributed by atoms with Crippen LogP contribution in [0, 0.1) is 5.82 Å². The molecule has 0 unspecified atom stereocenters. The molecule has 0 bridgehead atoms. The lowest BCUT2D eigenvalue weighted by molar-refractivity contribution is 0.0976. The molecule has 1 aromatic carbocycles. The molecule has 0 spiro atoms. The average Bonchev–Trinajstić information content (AvgIpc) is 2.15. The Morgan fingerprint density at radius 3 is 2.59 bits per heavy atom. The van der Waals surface area contributed by atoms with Gasteiger partial charge in [-0.1, -0.05) is 11.6 Å². The molecule has 0 heterocycles. The van der Waals surface area contributed by atoms with Crippen LogP contribution in [0.5, 0.6) is 0 Å². The van der Waals surface area contributed by atoms with E-state index in [1.165, 1.54) is 12.1 Å². The maximum atomic E-state index is 13.4. The second kappa shape index (κ2) is 5.61. The third-order valence-corrected chi connectivity index (χ3v) is 2.47. The molecule has 0 fully saturated rings. The van der Waals surface area contributed by atoms with E-state index in [2.05, 4.69) is 5.32 Å². The van der Waals surface area contributed by atoms with Crippen molar-refractivity contribution in [2.75, 3.05) is 6.54 Å². The fourth-order valence-electron chi connectivity index (χ4n) is 1.40. The van der Waals surface area contributed by atoms with Gasteiger partial charge < -0.3 is 5.32 Å². The quantitative estimate of drug-likeness (QED) is 0.838. The summed E-state index contributed by atoms with van der Waals surface area (Å²) in [5.74, 6) is -0.769. The molecule has 0 radical (unpaired) electrons. The van der Waals surface area contributed by atoms with Crippen molar-refractivity contribution in [2.24, 2.45) is 0 Å². The summed E-state index contributed by atoms with van der Waals surface area (Å²) in [7, 11) is 0. The molecule has 0 aliphatic rings. The highest BCUT2D eigenvalue weighted by Crippen LogP contribution is 2.16. The van der Waals surface area contributed by atoms with Gasteiger partial charge in [-0.15, -0.1) is 0 Å². The zero-order chi connectivity index (χ0) is 13.1. The van der Waals surface area contributed by atoms with E-state index in [-0.39, 0.29) is 23.3 Å². The van der Waals surface area contributed by atoms with E-state index in [1.54, 1.807) is 0 Å². The summed E-state index contributed by atoms with van der Waals surface area (Å²) in [5.41, 5.74) is 0.0591. The van der Waals surface area contributed by atoms with Crippen LogP contribution in [-0.4, -0.2) is 17.9 Å². The number of benzene rings is 1. The summed E-state index contributed by atoms with van der Waals surface area (Å²) in [4.78, 5) is 11.7. The van der Waals surface area contributed by atoms with Crippen LogP contribution in [0.25, 0.3) is 0 Å². The van der Waals surface area contributed by atoms with Crippen molar-refractivity contribution in [3.8, 4) is 0 Å². The minimum Gasteiger partial charge on any atom is -0.312 e. The number of nitrogens with one attached hydrogen (secondary N) is 1. The van der Waals surface area contributed by atoms with Gasteiger partial charge in [-0.25, -0.2) is 4.39 Å². The van der Waals surface area contributed by atoms with Crippen molar-refractivity contribution in [3.05, 3.63) is 34.6 Å². The second-order valence-electron chi connectivity index (χ2n) is 4.97. The topological polar surface area (TPSA) is 29.1 Å². The van der Waals surface area contributed by atoms with Gasteiger partial charge in [0.25, 0.3) is 0 Å². The fourth-order valence-corrected chi connectivity index (χ4v) is 1.56. The Morgan fingerprint density at radius 1 is 1.41 bits per heavy atom. The highest BCUT2D eigenvalue weighted by Gasteiger charge is 2.13. The molecule has 1 rings (SSSR count). The van der Waals surface area contributed by atoms with Crippen molar-refractivity contribution in [1.29, 1.82) is 0 Å². The first-order valence-corrected chi connectivity index (χ1v) is 5.91. The molecular formula is C13H17ClFNO. The number of ketones is 1.